The SMILES string of the molecule is CCCNC(CCC(F)(F)F)CSc1ccc(Cl)cc1. The van der Waals surface area contributed by atoms with Gasteiger partial charge in [0.15, 0.2) is 0 Å². The molecule has 0 amide bonds. The number of halogens is 4. The molecule has 0 fully saturated rings. The van der Waals surface area contributed by atoms with E-state index in [1.165, 1.54) is 0 Å². The van der Waals surface area contributed by atoms with Gasteiger partial charge in [-0.1, -0.05) is 18.5 Å². The van der Waals surface area contributed by atoms with Gasteiger partial charge in [0.1, 0.15) is 0 Å². The normalized spacial score (nSPS) is 13.4. The fraction of sp³-hybridized carbons (Fsp3) is 0.571. The van der Waals surface area contributed by atoms with Crippen LogP contribution in [0.5, 0.6) is 0 Å². The van der Waals surface area contributed by atoms with Crippen LogP contribution in [0.2, 0.25) is 5.02 Å². The minimum atomic E-state index is -4.09. The summed E-state index contributed by atoms with van der Waals surface area (Å²) >= 11 is 7.35. The van der Waals surface area contributed by atoms with E-state index < -0.39 is 12.6 Å². The van der Waals surface area contributed by atoms with Crippen molar-refractivity contribution in [2.24, 2.45) is 0 Å². The van der Waals surface area contributed by atoms with Crippen molar-refractivity contribution in [3.8, 4) is 0 Å². The van der Waals surface area contributed by atoms with Crippen LogP contribution in [0.25, 0.3) is 0 Å². The Labute approximate surface area is 127 Å². The minimum absolute atomic E-state index is 0.115. The van der Waals surface area contributed by atoms with Crippen molar-refractivity contribution in [3.05, 3.63) is 29.3 Å². The number of hydrogen-bond donors (Lipinski definition) is 1. The Morgan fingerprint density at radius 1 is 1.25 bits per heavy atom. The zero-order valence-corrected chi connectivity index (χ0v) is 12.9. The second-order valence-corrected chi connectivity index (χ2v) is 6.10. The Morgan fingerprint density at radius 2 is 1.90 bits per heavy atom. The van der Waals surface area contributed by atoms with E-state index in [1.807, 2.05) is 19.1 Å². The van der Waals surface area contributed by atoms with Crippen LogP contribution in [0.4, 0.5) is 13.2 Å². The summed E-state index contributed by atoms with van der Waals surface area (Å²) in [5.41, 5.74) is 0. The van der Waals surface area contributed by atoms with Gasteiger partial charge in [0.2, 0.25) is 0 Å². The molecule has 0 aliphatic carbocycles. The molecule has 0 radical (unpaired) electrons. The van der Waals surface area contributed by atoms with Gasteiger partial charge in [0.25, 0.3) is 0 Å². The van der Waals surface area contributed by atoms with Gasteiger partial charge in [-0.25, -0.2) is 0 Å². The van der Waals surface area contributed by atoms with Crippen LogP contribution in [0, 0.1) is 0 Å². The maximum atomic E-state index is 12.3. The molecule has 1 nitrogen and oxygen atoms in total. The van der Waals surface area contributed by atoms with E-state index in [4.69, 9.17) is 11.6 Å². The van der Waals surface area contributed by atoms with Crippen molar-refractivity contribution in [1.29, 1.82) is 0 Å². The summed E-state index contributed by atoms with van der Waals surface area (Å²) in [5.74, 6) is 0.623. The van der Waals surface area contributed by atoms with E-state index >= 15 is 0 Å². The van der Waals surface area contributed by atoms with Crippen LogP contribution in [0.15, 0.2) is 29.2 Å². The van der Waals surface area contributed by atoms with Gasteiger partial charge in [0, 0.05) is 28.1 Å². The molecule has 0 aliphatic rings. The number of hydrogen-bond acceptors (Lipinski definition) is 2. The predicted molar refractivity (Wildman–Crippen MR) is 79.5 cm³/mol. The third-order valence-electron chi connectivity index (χ3n) is 2.72. The van der Waals surface area contributed by atoms with E-state index in [-0.39, 0.29) is 12.5 Å². The summed E-state index contributed by atoms with van der Waals surface area (Å²) in [6.45, 7) is 2.74. The van der Waals surface area contributed by atoms with E-state index in [2.05, 4.69) is 5.32 Å². The number of thioether (sulfide) groups is 1. The molecule has 1 aromatic rings. The molecule has 6 heteroatoms. The number of alkyl halides is 3. The molecular weight excluding hydrogens is 307 g/mol. The van der Waals surface area contributed by atoms with Crippen molar-refractivity contribution < 1.29 is 13.2 Å². The number of benzene rings is 1. The Balaban J connectivity index is 2.44. The maximum Gasteiger partial charge on any atom is 0.389 e. The second-order valence-electron chi connectivity index (χ2n) is 4.57. The average Bonchev–Trinajstić information content (AvgIpc) is 2.38. The van der Waals surface area contributed by atoms with Crippen LogP contribution < -0.4 is 5.32 Å². The molecule has 114 valence electrons. The zero-order valence-electron chi connectivity index (χ0n) is 11.3. The summed E-state index contributed by atoms with van der Waals surface area (Å²) in [5, 5.41) is 3.84. The lowest BCUT2D eigenvalue weighted by molar-refractivity contribution is -0.136. The summed E-state index contributed by atoms with van der Waals surface area (Å²) in [6.07, 6.45) is -3.80. The van der Waals surface area contributed by atoms with Gasteiger partial charge in [-0.3, -0.25) is 0 Å². The molecule has 0 saturated heterocycles. The first-order valence-corrected chi connectivity index (χ1v) is 7.95. The number of rotatable bonds is 8. The Kier molecular flexibility index (Phi) is 7.77. The van der Waals surface area contributed by atoms with Crippen molar-refractivity contribution in [2.45, 2.75) is 43.3 Å². The molecule has 1 unspecified atom stereocenters. The lowest BCUT2D eigenvalue weighted by Crippen LogP contribution is -2.33. The Morgan fingerprint density at radius 3 is 2.45 bits per heavy atom. The standard InChI is InChI=1S/C14H19ClF3NS/c1-2-9-19-12(7-8-14(16,17)18)10-20-13-5-3-11(15)4-6-13/h3-6,12,19H,2,7-10H2,1H3. The van der Waals surface area contributed by atoms with Crippen molar-refractivity contribution >= 4 is 23.4 Å². The lowest BCUT2D eigenvalue weighted by Gasteiger charge is -2.19. The molecular formula is C14H19ClF3NS. The maximum absolute atomic E-state index is 12.3. The van der Waals surface area contributed by atoms with Gasteiger partial charge in [-0.05, 0) is 43.7 Å². The second kappa shape index (κ2) is 8.80. The molecule has 1 N–H and O–H groups in total. The molecule has 20 heavy (non-hydrogen) atoms. The fourth-order valence-electron chi connectivity index (χ4n) is 1.66. The quantitative estimate of drug-likeness (QED) is 0.664. The van der Waals surface area contributed by atoms with Crippen molar-refractivity contribution in [3.63, 3.8) is 0 Å². The van der Waals surface area contributed by atoms with Gasteiger partial charge in [0.05, 0.1) is 0 Å². The highest BCUT2D eigenvalue weighted by molar-refractivity contribution is 7.99. The summed E-state index contributed by atoms with van der Waals surface area (Å²) < 4.78 is 36.9. The summed E-state index contributed by atoms with van der Waals surface area (Å²) in [4.78, 5) is 1.02. The monoisotopic (exact) mass is 325 g/mol. The lowest BCUT2D eigenvalue weighted by atomic mass is 10.2. The van der Waals surface area contributed by atoms with Crippen molar-refractivity contribution in [1.82, 2.24) is 5.32 Å². The molecule has 1 aromatic carbocycles. The molecule has 0 heterocycles. The van der Waals surface area contributed by atoms with Gasteiger partial charge >= 0.3 is 6.18 Å². The highest BCUT2D eigenvalue weighted by Crippen LogP contribution is 2.25. The average molecular weight is 326 g/mol. The highest BCUT2D eigenvalue weighted by Gasteiger charge is 2.28. The van der Waals surface area contributed by atoms with Crippen LogP contribution in [-0.4, -0.2) is 24.5 Å². The Bertz CT molecular complexity index is 381. The van der Waals surface area contributed by atoms with E-state index in [1.54, 1.807) is 23.9 Å². The molecule has 1 atom stereocenters. The highest BCUT2D eigenvalue weighted by atomic mass is 35.5. The van der Waals surface area contributed by atoms with E-state index in [0.717, 1.165) is 17.9 Å². The Hall–Kier alpha value is -0.390. The third kappa shape index (κ3) is 8.02. The van der Waals surface area contributed by atoms with Gasteiger partial charge in [-0.2, -0.15) is 13.2 Å². The molecule has 0 aliphatic heterocycles. The minimum Gasteiger partial charge on any atom is -0.313 e. The first-order chi connectivity index (χ1) is 9.40. The number of nitrogens with one attached hydrogen (secondary N) is 1. The van der Waals surface area contributed by atoms with Gasteiger partial charge < -0.3 is 5.32 Å². The molecule has 0 bridgehead atoms. The predicted octanol–water partition coefficient (Wildman–Crippen LogP) is 5.14. The molecule has 1 rings (SSSR count). The fourth-order valence-corrected chi connectivity index (χ4v) is 2.79. The smallest absolute Gasteiger partial charge is 0.313 e. The van der Waals surface area contributed by atoms with E-state index in [9.17, 15) is 13.2 Å². The van der Waals surface area contributed by atoms with Crippen molar-refractivity contribution in [2.75, 3.05) is 12.3 Å². The van der Waals surface area contributed by atoms with Crippen LogP contribution in [0.3, 0.4) is 0 Å². The van der Waals surface area contributed by atoms with Crippen LogP contribution >= 0.6 is 23.4 Å². The van der Waals surface area contributed by atoms with Gasteiger partial charge in [-0.15, -0.1) is 11.8 Å². The largest absolute Gasteiger partial charge is 0.389 e. The summed E-state index contributed by atoms with van der Waals surface area (Å²) in [6, 6.07) is 7.21. The molecule has 0 aromatic heterocycles. The molecule has 0 spiro atoms. The van der Waals surface area contributed by atoms with Crippen LogP contribution in [0.1, 0.15) is 26.2 Å². The summed E-state index contributed by atoms with van der Waals surface area (Å²) in [7, 11) is 0. The molecule has 0 saturated carbocycles. The zero-order chi connectivity index (χ0) is 15.0. The first-order valence-electron chi connectivity index (χ1n) is 6.59. The van der Waals surface area contributed by atoms with Crippen LogP contribution in [-0.2, 0) is 0 Å². The first kappa shape index (κ1) is 17.7. The van der Waals surface area contributed by atoms with E-state index in [0.29, 0.717) is 10.8 Å². The topological polar surface area (TPSA) is 12.0 Å². The third-order valence-corrected chi connectivity index (χ3v) is 4.15.